The molecule has 1 amide bonds. The highest BCUT2D eigenvalue weighted by Crippen LogP contribution is 1.99. The Hall–Kier alpha value is -1.36. The van der Waals surface area contributed by atoms with Crippen LogP contribution in [0.1, 0.15) is 19.8 Å². The maximum Gasteiger partial charge on any atom is 0.228 e. The molecule has 0 aromatic carbocycles. The predicted molar refractivity (Wildman–Crippen MR) is 50.1 cm³/mol. The zero-order chi connectivity index (χ0) is 9.68. The number of hydrogen-bond acceptors (Lipinski definition) is 3. The molecule has 72 valence electrons. The van der Waals surface area contributed by atoms with E-state index < -0.39 is 0 Å². The summed E-state index contributed by atoms with van der Waals surface area (Å²) in [6.45, 7) is 1.95. The number of carbonyl (C=O) groups is 1. The molecule has 0 fully saturated rings. The standard InChI is InChI=1S/C8H14N4O/c1-2-6(9)5-7(13)12-8-10-3-4-11-8/h3-4,6H,2,5,9H2,1H3,(H2,10,11,12,13). The number of H-pyrrole nitrogens is 1. The molecule has 4 N–H and O–H groups in total. The van der Waals surface area contributed by atoms with Crippen LogP contribution >= 0.6 is 0 Å². The largest absolute Gasteiger partial charge is 0.331 e. The number of nitrogens with zero attached hydrogens (tertiary/aromatic N) is 1. The summed E-state index contributed by atoms with van der Waals surface area (Å²) in [7, 11) is 0. The topological polar surface area (TPSA) is 83.8 Å². The average Bonchev–Trinajstić information content (AvgIpc) is 2.56. The first-order valence-electron chi connectivity index (χ1n) is 4.27. The lowest BCUT2D eigenvalue weighted by Gasteiger charge is -2.06. The van der Waals surface area contributed by atoms with Crippen LogP contribution in [0.3, 0.4) is 0 Å². The van der Waals surface area contributed by atoms with E-state index in [1.54, 1.807) is 12.4 Å². The van der Waals surface area contributed by atoms with Crippen LogP contribution in [-0.2, 0) is 4.79 Å². The van der Waals surface area contributed by atoms with Gasteiger partial charge in [0, 0.05) is 24.9 Å². The molecular formula is C8H14N4O. The smallest absolute Gasteiger partial charge is 0.228 e. The summed E-state index contributed by atoms with van der Waals surface area (Å²) in [6.07, 6.45) is 4.35. The van der Waals surface area contributed by atoms with E-state index in [-0.39, 0.29) is 11.9 Å². The Morgan fingerprint density at radius 1 is 1.85 bits per heavy atom. The highest BCUT2D eigenvalue weighted by molar-refractivity contribution is 5.89. The lowest BCUT2D eigenvalue weighted by atomic mass is 10.1. The van der Waals surface area contributed by atoms with Crippen LogP contribution in [0.15, 0.2) is 12.4 Å². The van der Waals surface area contributed by atoms with Crippen LogP contribution in [0.4, 0.5) is 5.95 Å². The van der Waals surface area contributed by atoms with Crippen molar-refractivity contribution >= 4 is 11.9 Å². The Kier molecular flexibility index (Phi) is 3.45. The van der Waals surface area contributed by atoms with Gasteiger partial charge in [0.15, 0.2) is 0 Å². The number of anilines is 1. The lowest BCUT2D eigenvalue weighted by Crippen LogP contribution is -2.26. The highest BCUT2D eigenvalue weighted by atomic mass is 16.1. The first kappa shape index (κ1) is 9.73. The molecule has 5 heteroatoms. The fourth-order valence-electron chi connectivity index (χ4n) is 0.899. The third-order valence-electron chi connectivity index (χ3n) is 1.73. The van der Waals surface area contributed by atoms with Crippen molar-refractivity contribution in [3.8, 4) is 0 Å². The Bertz CT molecular complexity index is 257. The molecule has 13 heavy (non-hydrogen) atoms. The zero-order valence-electron chi connectivity index (χ0n) is 7.58. The second-order valence-electron chi connectivity index (χ2n) is 2.86. The van der Waals surface area contributed by atoms with Crippen molar-refractivity contribution in [2.75, 3.05) is 5.32 Å². The molecule has 0 saturated heterocycles. The molecule has 0 radical (unpaired) electrons. The van der Waals surface area contributed by atoms with E-state index in [2.05, 4.69) is 15.3 Å². The summed E-state index contributed by atoms with van der Waals surface area (Å²) in [5.74, 6) is 0.359. The number of aromatic nitrogens is 2. The molecule has 0 bridgehead atoms. The number of carbonyl (C=O) groups excluding carboxylic acids is 1. The summed E-state index contributed by atoms with van der Waals surface area (Å²) in [4.78, 5) is 17.9. The van der Waals surface area contributed by atoms with Gasteiger partial charge in [-0.15, -0.1) is 0 Å². The van der Waals surface area contributed by atoms with Crippen LogP contribution in [0, 0.1) is 0 Å². The van der Waals surface area contributed by atoms with Crippen LogP contribution in [-0.4, -0.2) is 21.9 Å². The zero-order valence-corrected chi connectivity index (χ0v) is 7.58. The number of rotatable bonds is 4. The van der Waals surface area contributed by atoms with Crippen molar-refractivity contribution in [3.63, 3.8) is 0 Å². The highest BCUT2D eigenvalue weighted by Gasteiger charge is 2.08. The molecule has 1 unspecified atom stereocenters. The van der Waals surface area contributed by atoms with Crippen molar-refractivity contribution in [2.24, 2.45) is 5.73 Å². The van der Waals surface area contributed by atoms with Gasteiger partial charge in [0.2, 0.25) is 11.9 Å². The summed E-state index contributed by atoms with van der Waals surface area (Å²) in [6, 6.07) is -0.0741. The van der Waals surface area contributed by atoms with Crippen molar-refractivity contribution < 1.29 is 4.79 Å². The molecule has 5 nitrogen and oxygen atoms in total. The van der Waals surface area contributed by atoms with Gasteiger partial charge in [-0.2, -0.15) is 0 Å². The van der Waals surface area contributed by atoms with E-state index >= 15 is 0 Å². The fourth-order valence-corrected chi connectivity index (χ4v) is 0.899. The molecule has 1 aromatic heterocycles. The molecule has 0 aliphatic rings. The van der Waals surface area contributed by atoms with E-state index in [0.717, 1.165) is 6.42 Å². The summed E-state index contributed by atoms with van der Waals surface area (Å²) >= 11 is 0. The lowest BCUT2D eigenvalue weighted by molar-refractivity contribution is -0.116. The molecule has 0 aliphatic heterocycles. The van der Waals surface area contributed by atoms with Crippen LogP contribution < -0.4 is 11.1 Å². The number of nitrogens with one attached hydrogen (secondary N) is 2. The molecule has 1 rings (SSSR count). The molecular weight excluding hydrogens is 168 g/mol. The first-order valence-corrected chi connectivity index (χ1v) is 4.27. The number of nitrogens with two attached hydrogens (primary N) is 1. The van der Waals surface area contributed by atoms with Crippen LogP contribution in [0.5, 0.6) is 0 Å². The van der Waals surface area contributed by atoms with Crippen molar-refractivity contribution in [1.82, 2.24) is 9.97 Å². The van der Waals surface area contributed by atoms with Gasteiger partial charge in [0.05, 0.1) is 0 Å². The molecule has 0 aliphatic carbocycles. The van der Waals surface area contributed by atoms with E-state index in [9.17, 15) is 4.79 Å². The Morgan fingerprint density at radius 2 is 2.62 bits per heavy atom. The number of hydrogen-bond donors (Lipinski definition) is 3. The number of amides is 1. The van der Waals surface area contributed by atoms with Crippen LogP contribution in [0.25, 0.3) is 0 Å². The number of imidazole rings is 1. The monoisotopic (exact) mass is 182 g/mol. The first-order chi connectivity index (χ1) is 6.22. The summed E-state index contributed by atoms with van der Waals surface area (Å²) in [5.41, 5.74) is 5.61. The summed E-state index contributed by atoms with van der Waals surface area (Å²) < 4.78 is 0. The SMILES string of the molecule is CCC(N)CC(=O)Nc1ncc[nH]1. The Balaban J connectivity index is 2.34. The molecule has 1 aromatic rings. The van der Waals surface area contributed by atoms with Gasteiger partial charge in [-0.1, -0.05) is 6.92 Å². The average molecular weight is 182 g/mol. The van der Waals surface area contributed by atoms with Gasteiger partial charge in [-0.05, 0) is 6.42 Å². The normalized spacial score (nSPS) is 12.5. The predicted octanol–water partition coefficient (Wildman–Crippen LogP) is 0.476. The van der Waals surface area contributed by atoms with Gasteiger partial charge in [0.25, 0.3) is 0 Å². The minimum Gasteiger partial charge on any atom is -0.331 e. The maximum atomic E-state index is 11.2. The maximum absolute atomic E-state index is 11.2. The number of aromatic amines is 1. The molecule has 0 saturated carbocycles. The van der Waals surface area contributed by atoms with Gasteiger partial charge in [-0.3, -0.25) is 10.1 Å². The fraction of sp³-hybridized carbons (Fsp3) is 0.500. The Labute approximate surface area is 76.7 Å². The second-order valence-corrected chi connectivity index (χ2v) is 2.86. The third kappa shape index (κ3) is 3.25. The minimum absolute atomic E-state index is 0.0741. The second kappa shape index (κ2) is 4.61. The molecule has 1 atom stereocenters. The van der Waals surface area contributed by atoms with Gasteiger partial charge in [0.1, 0.15) is 0 Å². The Morgan fingerprint density at radius 3 is 3.15 bits per heavy atom. The van der Waals surface area contributed by atoms with Crippen molar-refractivity contribution in [1.29, 1.82) is 0 Å². The van der Waals surface area contributed by atoms with E-state index in [4.69, 9.17) is 5.73 Å². The van der Waals surface area contributed by atoms with E-state index in [1.165, 1.54) is 0 Å². The molecule has 0 spiro atoms. The van der Waals surface area contributed by atoms with Crippen molar-refractivity contribution in [2.45, 2.75) is 25.8 Å². The van der Waals surface area contributed by atoms with Crippen LogP contribution in [0.2, 0.25) is 0 Å². The van der Waals surface area contributed by atoms with Gasteiger partial charge >= 0.3 is 0 Å². The van der Waals surface area contributed by atoms with Gasteiger partial charge in [-0.25, -0.2) is 4.98 Å². The minimum atomic E-state index is -0.107. The quantitative estimate of drug-likeness (QED) is 0.633. The van der Waals surface area contributed by atoms with E-state index in [0.29, 0.717) is 12.4 Å². The van der Waals surface area contributed by atoms with E-state index in [1.807, 2.05) is 6.92 Å². The summed E-state index contributed by atoms with van der Waals surface area (Å²) in [5, 5.41) is 2.60. The van der Waals surface area contributed by atoms with Crippen molar-refractivity contribution in [3.05, 3.63) is 12.4 Å². The third-order valence-corrected chi connectivity index (χ3v) is 1.73. The van der Waals surface area contributed by atoms with Gasteiger partial charge < -0.3 is 10.7 Å². The molecule has 1 heterocycles.